The Hall–Kier alpha value is -4.95. The molecule has 250 valence electrons. The van der Waals surface area contributed by atoms with Gasteiger partial charge in [0.2, 0.25) is 0 Å². The maximum Gasteiger partial charge on any atom is 0.272 e. The molecule has 1 aliphatic carbocycles. The van der Waals surface area contributed by atoms with Crippen molar-refractivity contribution in [2.75, 3.05) is 20.1 Å². The molecular formula is C40H48N6O2. The minimum atomic E-state index is -0.123. The van der Waals surface area contributed by atoms with E-state index in [0.717, 1.165) is 46.4 Å². The van der Waals surface area contributed by atoms with Crippen molar-refractivity contribution in [3.8, 4) is 0 Å². The minimum Gasteiger partial charge on any atom is -0.337 e. The molecule has 8 nitrogen and oxygen atoms in total. The highest BCUT2D eigenvalue weighted by atomic mass is 16.2. The second-order valence-electron chi connectivity index (χ2n) is 12.1. The number of nitrogens with zero attached hydrogens (tertiary/aromatic N) is 5. The normalized spacial score (nSPS) is 17.0. The molecule has 8 heteroatoms. The van der Waals surface area contributed by atoms with Gasteiger partial charge in [0, 0.05) is 38.4 Å². The zero-order valence-electron chi connectivity index (χ0n) is 29.0. The van der Waals surface area contributed by atoms with Crippen LogP contribution in [0.15, 0.2) is 119 Å². The lowest BCUT2D eigenvalue weighted by Crippen LogP contribution is -2.40. The molecule has 0 spiro atoms. The van der Waals surface area contributed by atoms with Crippen LogP contribution in [0.5, 0.6) is 0 Å². The van der Waals surface area contributed by atoms with Gasteiger partial charge in [-0.25, -0.2) is 4.68 Å². The highest BCUT2D eigenvalue weighted by molar-refractivity contribution is 6.22. The number of carbonyl (C=O) groups excluding carboxylic acids is 2. The number of piperidine rings is 1. The summed E-state index contributed by atoms with van der Waals surface area (Å²) < 4.78 is 1.73. The van der Waals surface area contributed by atoms with Gasteiger partial charge in [-0.05, 0) is 86.3 Å². The van der Waals surface area contributed by atoms with Crippen molar-refractivity contribution in [2.24, 2.45) is 16.6 Å². The second-order valence-corrected chi connectivity index (χ2v) is 12.1. The molecule has 1 amide bonds. The van der Waals surface area contributed by atoms with Crippen LogP contribution in [0.1, 0.15) is 73.8 Å². The van der Waals surface area contributed by atoms with E-state index in [1.165, 1.54) is 11.1 Å². The number of aromatic nitrogens is 3. The van der Waals surface area contributed by atoms with E-state index in [0.29, 0.717) is 43.0 Å². The van der Waals surface area contributed by atoms with Gasteiger partial charge in [-0.2, -0.15) is 5.10 Å². The predicted molar refractivity (Wildman–Crippen MR) is 197 cm³/mol. The van der Waals surface area contributed by atoms with Gasteiger partial charge in [0.25, 0.3) is 5.91 Å². The van der Waals surface area contributed by atoms with Crippen LogP contribution in [-0.2, 0) is 11.3 Å². The number of Topliss-reactive ketones (excluding diaryl/α,β-unsaturated/α-hetero) is 1. The molecule has 2 aromatic rings. The Morgan fingerprint density at radius 3 is 2.52 bits per heavy atom. The van der Waals surface area contributed by atoms with E-state index in [2.05, 4.69) is 73.4 Å². The van der Waals surface area contributed by atoms with Gasteiger partial charge in [0.05, 0.1) is 17.5 Å². The van der Waals surface area contributed by atoms with Crippen molar-refractivity contribution in [1.82, 2.24) is 19.7 Å². The number of nitrogens with two attached hydrogens (primary N) is 1. The van der Waals surface area contributed by atoms with Gasteiger partial charge in [0.1, 0.15) is 5.69 Å². The molecule has 4 rings (SSSR count). The van der Waals surface area contributed by atoms with E-state index in [-0.39, 0.29) is 24.2 Å². The summed E-state index contributed by atoms with van der Waals surface area (Å²) in [6, 6.07) is 3.62. The molecule has 1 saturated heterocycles. The van der Waals surface area contributed by atoms with E-state index in [1.807, 2.05) is 24.0 Å². The lowest BCUT2D eigenvalue weighted by molar-refractivity contribution is -0.113. The van der Waals surface area contributed by atoms with Crippen LogP contribution >= 0.6 is 0 Å². The number of hydrogen-bond donors (Lipinski definition) is 1. The summed E-state index contributed by atoms with van der Waals surface area (Å²) in [7, 11) is 1.67. The first kappa shape index (κ1) is 35.9. The number of carbonyl (C=O) groups is 2. The number of allylic oxidation sites excluding steroid dienone is 14. The lowest BCUT2D eigenvalue weighted by Gasteiger charge is -2.33. The van der Waals surface area contributed by atoms with Crippen molar-refractivity contribution in [3.63, 3.8) is 0 Å². The summed E-state index contributed by atoms with van der Waals surface area (Å²) in [5.41, 5.74) is 14.7. The molecule has 1 aliphatic heterocycles. The van der Waals surface area contributed by atoms with Crippen molar-refractivity contribution >= 4 is 23.1 Å². The van der Waals surface area contributed by atoms with E-state index in [9.17, 15) is 9.59 Å². The van der Waals surface area contributed by atoms with Crippen LogP contribution in [0, 0.1) is 12.8 Å². The first-order chi connectivity index (χ1) is 23.2. The second kappa shape index (κ2) is 16.7. The third-order valence-electron chi connectivity index (χ3n) is 9.15. The number of hydrogen-bond acceptors (Lipinski definition) is 6. The highest BCUT2D eigenvalue weighted by Gasteiger charge is 2.30. The van der Waals surface area contributed by atoms with E-state index in [1.54, 1.807) is 43.2 Å². The fraction of sp³-hybridized carbons (Fsp3) is 0.325. The maximum absolute atomic E-state index is 13.3. The molecule has 0 unspecified atom stereocenters. The molecule has 2 aromatic heterocycles. The molecule has 0 radical (unpaired) electrons. The van der Waals surface area contributed by atoms with E-state index < -0.39 is 0 Å². The number of likely N-dealkylation sites (tertiary alicyclic amines) is 1. The standard InChI is InChI=1S/C40H48N6O2/c1-8-30-14-11-12-15-33(24-30)27(4)17-18-31(9-2)36-26-44-46(28(36)5)39(42-7)37(29(6)47)35(10-3)32-19-22-45(23-20-32)40(48)38-34(25-41)16-13-21-43-38/h9-13,15-18,21,24,26,32H,2-3,8,14,19-20,22-23,25,41H2,1,4-7H3/b27-17?,31-18?,37-35+,42-39?. The van der Waals surface area contributed by atoms with E-state index in [4.69, 9.17) is 10.8 Å². The molecule has 0 saturated carbocycles. The first-order valence-corrected chi connectivity index (χ1v) is 16.6. The Morgan fingerprint density at radius 2 is 1.90 bits per heavy atom. The quantitative estimate of drug-likeness (QED) is 0.120. The highest BCUT2D eigenvalue weighted by Crippen LogP contribution is 2.31. The molecule has 0 bridgehead atoms. The summed E-state index contributed by atoms with van der Waals surface area (Å²) in [4.78, 5) is 37.3. The average Bonchev–Trinajstić information content (AvgIpc) is 3.31. The number of aliphatic imine (C=N–C) groups is 1. The van der Waals surface area contributed by atoms with Gasteiger partial charge in [0.15, 0.2) is 11.6 Å². The summed E-state index contributed by atoms with van der Waals surface area (Å²) in [6.45, 7) is 17.3. The topological polar surface area (TPSA) is 106 Å². The van der Waals surface area contributed by atoms with Crippen molar-refractivity contribution < 1.29 is 9.59 Å². The molecule has 3 heterocycles. The number of ketones is 1. The zero-order chi connectivity index (χ0) is 34.8. The lowest BCUT2D eigenvalue weighted by atomic mass is 9.84. The van der Waals surface area contributed by atoms with Crippen LogP contribution in [-0.4, -0.2) is 57.3 Å². The Labute approximate surface area is 285 Å². The number of pyridine rings is 1. The van der Waals surface area contributed by atoms with Crippen molar-refractivity contribution in [3.05, 3.63) is 137 Å². The maximum atomic E-state index is 13.3. The van der Waals surface area contributed by atoms with Crippen molar-refractivity contribution in [1.29, 1.82) is 0 Å². The molecule has 2 N–H and O–H groups in total. The van der Waals surface area contributed by atoms with Crippen LogP contribution in [0.2, 0.25) is 0 Å². The SMILES string of the molecule is C=CC(=CC=C(C)C1=CC=CCC(CC)=C1)c1cnn(C(=NC)/C(C(C)=O)=C(\C=C)C2CCN(C(=O)c3ncccc3CN)CC2)c1C. The Balaban J connectivity index is 1.62. The summed E-state index contributed by atoms with van der Waals surface area (Å²) in [5, 5.41) is 4.71. The summed E-state index contributed by atoms with van der Waals surface area (Å²) in [5.74, 6) is 0.234. The van der Waals surface area contributed by atoms with Gasteiger partial charge in [-0.1, -0.05) is 80.3 Å². The summed E-state index contributed by atoms with van der Waals surface area (Å²) >= 11 is 0. The van der Waals surface area contributed by atoms with Crippen LogP contribution < -0.4 is 5.73 Å². The van der Waals surface area contributed by atoms with Crippen LogP contribution in [0.4, 0.5) is 0 Å². The van der Waals surface area contributed by atoms with Crippen LogP contribution in [0.3, 0.4) is 0 Å². The Bertz CT molecular complexity index is 1780. The third kappa shape index (κ3) is 7.94. The summed E-state index contributed by atoms with van der Waals surface area (Å²) in [6.07, 6.45) is 23.2. The molecule has 1 fully saturated rings. The zero-order valence-corrected chi connectivity index (χ0v) is 29.0. The predicted octanol–water partition coefficient (Wildman–Crippen LogP) is 7.28. The number of rotatable bonds is 11. The smallest absolute Gasteiger partial charge is 0.272 e. The van der Waals surface area contributed by atoms with Gasteiger partial charge in [-0.3, -0.25) is 19.6 Å². The minimum absolute atomic E-state index is 0.0161. The molecule has 48 heavy (non-hydrogen) atoms. The van der Waals surface area contributed by atoms with Gasteiger partial charge in [-0.15, -0.1) is 0 Å². The van der Waals surface area contributed by atoms with Gasteiger partial charge < -0.3 is 10.6 Å². The fourth-order valence-corrected chi connectivity index (χ4v) is 6.31. The van der Waals surface area contributed by atoms with E-state index >= 15 is 0 Å². The Kier molecular flexibility index (Phi) is 12.5. The third-order valence-corrected chi connectivity index (χ3v) is 9.15. The van der Waals surface area contributed by atoms with Crippen molar-refractivity contribution in [2.45, 2.75) is 59.9 Å². The molecule has 2 aliphatic rings. The fourth-order valence-electron chi connectivity index (χ4n) is 6.31. The first-order valence-electron chi connectivity index (χ1n) is 16.6. The average molecular weight is 645 g/mol. The monoisotopic (exact) mass is 644 g/mol. The van der Waals surface area contributed by atoms with Gasteiger partial charge >= 0.3 is 0 Å². The molecular weight excluding hydrogens is 596 g/mol. The Morgan fingerprint density at radius 1 is 1.15 bits per heavy atom. The number of amides is 1. The van der Waals surface area contributed by atoms with Crippen LogP contribution in [0.25, 0.3) is 5.57 Å². The molecule has 0 aromatic carbocycles. The molecule has 0 atom stereocenters. The largest absolute Gasteiger partial charge is 0.337 e.